The van der Waals surface area contributed by atoms with Gasteiger partial charge in [0.05, 0.1) is 12.2 Å². The Labute approximate surface area is 356 Å². The third-order valence-corrected chi connectivity index (χ3v) is 11.8. The van der Waals surface area contributed by atoms with Crippen molar-refractivity contribution in [1.29, 1.82) is 0 Å². The zero-order valence-corrected chi connectivity index (χ0v) is 38.7. The van der Waals surface area contributed by atoms with Crippen LogP contribution in [0.15, 0.2) is 24.3 Å². The van der Waals surface area contributed by atoms with E-state index in [1.54, 1.807) is 12.1 Å². The number of aryl methyl sites for hydroxylation is 1. The van der Waals surface area contributed by atoms with Crippen LogP contribution in [-0.4, -0.2) is 23.7 Å². The number of unbranched alkanes of at least 4 members (excludes halogenated alkanes) is 36. The molecule has 0 aliphatic rings. The van der Waals surface area contributed by atoms with Crippen molar-refractivity contribution >= 4 is 11.9 Å². The molecule has 0 aliphatic heterocycles. The van der Waals surface area contributed by atoms with E-state index in [4.69, 9.17) is 9.84 Å². The first-order chi connectivity index (χ1) is 28.1. The Hall–Kier alpha value is -1.84. The Morgan fingerprint density at radius 2 is 0.702 bits per heavy atom. The Kier molecular flexibility index (Phi) is 45.3. The summed E-state index contributed by atoms with van der Waals surface area (Å²) in [5, 5.41) is 9.13. The topological polar surface area (TPSA) is 63.6 Å². The van der Waals surface area contributed by atoms with Gasteiger partial charge in [-0.3, -0.25) is 4.79 Å². The first-order valence-corrected chi connectivity index (χ1v) is 25.5. The highest BCUT2D eigenvalue weighted by Crippen LogP contribution is 2.17. The minimum Gasteiger partial charge on any atom is -0.478 e. The molecule has 1 aromatic carbocycles. The molecule has 0 aromatic heterocycles. The van der Waals surface area contributed by atoms with Gasteiger partial charge < -0.3 is 9.84 Å². The summed E-state index contributed by atoms with van der Waals surface area (Å²) >= 11 is 0. The SMILES string of the molecule is CCCCCCCCCCCCCCCCCCCCCC(=O)OCCCCCCCCCCCC.CCCCCCCCCCCCc1ccccc1C(=O)O. The van der Waals surface area contributed by atoms with Gasteiger partial charge in [0, 0.05) is 6.42 Å². The smallest absolute Gasteiger partial charge is 0.335 e. The molecule has 0 saturated carbocycles. The molecule has 1 rings (SSSR count). The molecule has 0 unspecified atom stereocenters. The number of carbonyl (C=O) groups excluding carboxylic acids is 1. The summed E-state index contributed by atoms with van der Waals surface area (Å²) in [6.07, 6.45) is 54.2. The summed E-state index contributed by atoms with van der Waals surface area (Å²) in [4.78, 5) is 23.0. The minimum atomic E-state index is -0.808. The maximum absolute atomic E-state index is 11.9. The quantitative estimate of drug-likeness (QED) is 0.0528. The van der Waals surface area contributed by atoms with Gasteiger partial charge in [0.1, 0.15) is 0 Å². The lowest BCUT2D eigenvalue weighted by atomic mass is 10.00. The summed E-state index contributed by atoms with van der Waals surface area (Å²) < 4.78 is 5.41. The van der Waals surface area contributed by atoms with Gasteiger partial charge in [0.2, 0.25) is 0 Å². The predicted molar refractivity (Wildman–Crippen MR) is 250 cm³/mol. The highest BCUT2D eigenvalue weighted by Gasteiger charge is 2.08. The van der Waals surface area contributed by atoms with Crippen molar-refractivity contribution in [3.63, 3.8) is 0 Å². The molecule has 0 saturated heterocycles. The monoisotopic (exact) mass is 799 g/mol. The molecule has 1 aromatic rings. The van der Waals surface area contributed by atoms with Crippen LogP contribution in [-0.2, 0) is 16.0 Å². The number of hydrogen-bond acceptors (Lipinski definition) is 3. The van der Waals surface area contributed by atoms with Gasteiger partial charge in [0.15, 0.2) is 0 Å². The fourth-order valence-electron chi connectivity index (χ4n) is 7.95. The molecule has 0 atom stereocenters. The highest BCUT2D eigenvalue weighted by molar-refractivity contribution is 5.89. The molecular formula is C53H98O4. The van der Waals surface area contributed by atoms with Gasteiger partial charge in [-0.2, -0.15) is 0 Å². The number of rotatable bonds is 43. The Balaban J connectivity index is 0.00000126. The van der Waals surface area contributed by atoms with Crippen LogP contribution in [0.25, 0.3) is 0 Å². The van der Waals surface area contributed by atoms with Crippen LogP contribution in [0.1, 0.15) is 294 Å². The molecule has 0 heterocycles. The van der Waals surface area contributed by atoms with E-state index in [0.717, 1.165) is 31.2 Å². The van der Waals surface area contributed by atoms with Crippen molar-refractivity contribution in [2.45, 2.75) is 284 Å². The fourth-order valence-corrected chi connectivity index (χ4v) is 7.95. The normalized spacial score (nSPS) is 11.1. The molecule has 4 heteroatoms. The van der Waals surface area contributed by atoms with Crippen molar-refractivity contribution < 1.29 is 19.4 Å². The second-order valence-electron chi connectivity index (χ2n) is 17.4. The van der Waals surface area contributed by atoms with Crippen molar-refractivity contribution in [2.75, 3.05) is 6.61 Å². The summed E-state index contributed by atoms with van der Waals surface area (Å²) in [5.41, 5.74) is 1.44. The highest BCUT2D eigenvalue weighted by atomic mass is 16.5. The average Bonchev–Trinajstić information content (AvgIpc) is 3.21. The van der Waals surface area contributed by atoms with Gasteiger partial charge in [-0.15, -0.1) is 0 Å². The number of carboxylic acid groups (broad SMARTS) is 1. The molecule has 334 valence electrons. The number of carboxylic acids is 1. The lowest BCUT2D eigenvalue weighted by Crippen LogP contribution is -2.05. The number of benzene rings is 1. The largest absolute Gasteiger partial charge is 0.478 e. The summed E-state index contributed by atoms with van der Waals surface area (Å²) in [7, 11) is 0. The number of ether oxygens (including phenoxy) is 1. The zero-order valence-electron chi connectivity index (χ0n) is 38.7. The van der Waals surface area contributed by atoms with Gasteiger partial charge >= 0.3 is 11.9 Å². The molecule has 0 spiro atoms. The van der Waals surface area contributed by atoms with Crippen molar-refractivity contribution in [3.05, 3.63) is 35.4 Å². The Bertz CT molecular complexity index is 958. The maximum Gasteiger partial charge on any atom is 0.335 e. The molecule has 0 amide bonds. The van der Waals surface area contributed by atoms with E-state index >= 15 is 0 Å². The van der Waals surface area contributed by atoms with Crippen LogP contribution >= 0.6 is 0 Å². The molecular weight excluding hydrogens is 701 g/mol. The van der Waals surface area contributed by atoms with Gasteiger partial charge in [-0.25, -0.2) is 4.79 Å². The maximum atomic E-state index is 11.9. The third-order valence-electron chi connectivity index (χ3n) is 11.8. The van der Waals surface area contributed by atoms with Crippen molar-refractivity contribution in [3.8, 4) is 0 Å². The minimum absolute atomic E-state index is 0.0258. The average molecular weight is 799 g/mol. The number of aromatic carboxylic acids is 1. The first kappa shape index (κ1) is 55.2. The molecule has 0 aliphatic carbocycles. The fraction of sp³-hybridized carbons (Fsp3) is 0.849. The van der Waals surface area contributed by atoms with E-state index < -0.39 is 5.97 Å². The van der Waals surface area contributed by atoms with Gasteiger partial charge in [-0.05, 0) is 37.3 Å². The van der Waals surface area contributed by atoms with E-state index in [2.05, 4.69) is 20.8 Å². The number of esters is 1. The van der Waals surface area contributed by atoms with E-state index in [0.29, 0.717) is 18.6 Å². The van der Waals surface area contributed by atoms with Crippen LogP contribution in [0, 0.1) is 0 Å². The van der Waals surface area contributed by atoms with Crippen LogP contribution in [0.2, 0.25) is 0 Å². The van der Waals surface area contributed by atoms with E-state index in [-0.39, 0.29) is 5.97 Å². The predicted octanol–water partition coefficient (Wildman–Crippen LogP) is 18.1. The summed E-state index contributed by atoms with van der Waals surface area (Å²) in [5.74, 6) is -0.782. The van der Waals surface area contributed by atoms with E-state index in [1.807, 2.05) is 12.1 Å². The standard InChI is InChI=1S/C34H68O2.C19H30O2/c1-3-5-7-9-11-13-15-16-17-18-19-20-21-22-23-24-26-28-30-32-34(35)36-33-31-29-27-25-14-12-10-8-6-4-2;1-2-3-4-5-6-7-8-9-10-11-14-17-15-12-13-16-18(17)19(20)21/h3-33H2,1-2H3;12-13,15-16H,2-11,14H2,1H3,(H,20,21). The van der Waals surface area contributed by atoms with Crippen LogP contribution in [0.3, 0.4) is 0 Å². The van der Waals surface area contributed by atoms with Crippen molar-refractivity contribution in [1.82, 2.24) is 0 Å². The van der Waals surface area contributed by atoms with Crippen LogP contribution in [0.4, 0.5) is 0 Å². The summed E-state index contributed by atoms with van der Waals surface area (Å²) in [6, 6.07) is 7.37. The summed E-state index contributed by atoms with van der Waals surface area (Å²) in [6.45, 7) is 7.45. The number of hydrogen-bond donors (Lipinski definition) is 1. The molecule has 0 bridgehead atoms. The molecule has 57 heavy (non-hydrogen) atoms. The second-order valence-corrected chi connectivity index (χ2v) is 17.4. The molecule has 4 nitrogen and oxygen atoms in total. The third kappa shape index (κ3) is 42.1. The van der Waals surface area contributed by atoms with E-state index in [9.17, 15) is 9.59 Å². The zero-order chi connectivity index (χ0) is 41.5. The van der Waals surface area contributed by atoms with E-state index in [1.165, 1.54) is 231 Å². The lowest BCUT2D eigenvalue weighted by Gasteiger charge is -2.06. The van der Waals surface area contributed by atoms with Crippen LogP contribution in [0.5, 0.6) is 0 Å². The molecule has 0 radical (unpaired) electrons. The van der Waals surface area contributed by atoms with Gasteiger partial charge in [0.25, 0.3) is 0 Å². The lowest BCUT2D eigenvalue weighted by molar-refractivity contribution is -0.143. The Morgan fingerprint density at radius 1 is 0.404 bits per heavy atom. The molecule has 1 N–H and O–H groups in total. The molecule has 0 fully saturated rings. The number of carbonyl (C=O) groups is 2. The second kappa shape index (κ2) is 46.8. The van der Waals surface area contributed by atoms with Crippen LogP contribution < -0.4 is 0 Å². The Morgan fingerprint density at radius 3 is 1.05 bits per heavy atom. The van der Waals surface area contributed by atoms with Crippen molar-refractivity contribution in [2.24, 2.45) is 0 Å². The van der Waals surface area contributed by atoms with Gasteiger partial charge in [-0.1, -0.05) is 270 Å². The first-order valence-electron chi connectivity index (χ1n) is 25.5.